The van der Waals surface area contributed by atoms with Gasteiger partial charge in [-0.05, 0) is 43.7 Å². The summed E-state index contributed by atoms with van der Waals surface area (Å²) in [5.74, 6) is 0.847. The van der Waals surface area contributed by atoms with Crippen LogP contribution in [0.25, 0.3) is 0 Å². The molecule has 1 aliphatic rings. The van der Waals surface area contributed by atoms with Gasteiger partial charge in [0.05, 0.1) is 6.04 Å². The summed E-state index contributed by atoms with van der Waals surface area (Å²) in [6, 6.07) is 9.39. The molecule has 1 saturated carbocycles. The largest absolute Gasteiger partial charge is 0.304 e. The molecule has 3 rings (SSSR count). The number of aromatic nitrogens is 1. The van der Waals surface area contributed by atoms with Crippen molar-refractivity contribution < 1.29 is 0 Å². The fourth-order valence-corrected chi connectivity index (χ4v) is 3.08. The molecule has 0 spiro atoms. The molecule has 1 heterocycles. The van der Waals surface area contributed by atoms with Gasteiger partial charge in [-0.25, -0.2) is 4.98 Å². The smallest absolute Gasteiger partial charge is 0.110 e. The van der Waals surface area contributed by atoms with Crippen LogP contribution in [0.2, 0.25) is 0 Å². The van der Waals surface area contributed by atoms with Gasteiger partial charge in [-0.3, -0.25) is 0 Å². The molecule has 1 aliphatic carbocycles. The maximum absolute atomic E-state index is 4.52. The van der Waals surface area contributed by atoms with Crippen molar-refractivity contribution in [2.75, 3.05) is 0 Å². The zero-order valence-electron chi connectivity index (χ0n) is 11.5. The lowest BCUT2D eigenvalue weighted by Crippen LogP contribution is -2.17. The summed E-state index contributed by atoms with van der Waals surface area (Å²) in [7, 11) is 0. The van der Waals surface area contributed by atoms with Crippen LogP contribution in [0.1, 0.15) is 53.6 Å². The minimum atomic E-state index is 0.321. The second-order valence-electron chi connectivity index (χ2n) is 5.45. The van der Waals surface area contributed by atoms with E-state index in [2.05, 4.69) is 46.9 Å². The molecule has 1 N–H and O–H groups in total. The Labute approximate surface area is 118 Å². The van der Waals surface area contributed by atoms with E-state index in [9.17, 15) is 0 Å². The summed E-state index contributed by atoms with van der Waals surface area (Å²) in [4.78, 5) is 4.52. The molecule has 0 aliphatic heterocycles. The third-order valence-electron chi connectivity index (χ3n) is 3.65. The Hall–Kier alpha value is -1.19. The van der Waals surface area contributed by atoms with Crippen molar-refractivity contribution in [3.8, 4) is 0 Å². The van der Waals surface area contributed by atoms with Gasteiger partial charge in [-0.15, -0.1) is 11.3 Å². The van der Waals surface area contributed by atoms with Gasteiger partial charge in [0.15, 0.2) is 0 Å². The highest BCUT2D eigenvalue weighted by Crippen LogP contribution is 2.39. The molecule has 19 heavy (non-hydrogen) atoms. The third-order valence-corrected chi connectivity index (χ3v) is 4.79. The zero-order chi connectivity index (χ0) is 13.2. The Morgan fingerprint density at radius 3 is 2.63 bits per heavy atom. The van der Waals surface area contributed by atoms with Gasteiger partial charge in [0.2, 0.25) is 0 Å². The molecule has 1 aromatic carbocycles. The van der Waals surface area contributed by atoms with Crippen molar-refractivity contribution in [1.82, 2.24) is 10.3 Å². The topological polar surface area (TPSA) is 24.9 Å². The van der Waals surface area contributed by atoms with Crippen molar-refractivity contribution in [3.05, 3.63) is 51.5 Å². The van der Waals surface area contributed by atoms with E-state index >= 15 is 0 Å². The first-order valence-electron chi connectivity index (χ1n) is 6.96. The van der Waals surface area contributed by atoms with Crippen molar-refractivity contribution in [1.29, 1.82) is 0 Å². The summed E-state index contributed by atoms with van der Waals surface area (Å²) in [6.07, 6.45) is 2.75. The van der Waals surface area contributed by atoms with Gasteiger partial charge in [0.1, 0.15) is 5.01 Å². The van der Waals surface area contributed by atoms with Crippen molar-refractivity contribution in [2.45, 2.75) is 45.2 Å². The number of hydrogen-bond donors (Lipinski definition) is 1. The molecule has 1 atom stereocenters. The molecule has 3 heteroatoms. The van der Waals surface area contributed by atoms with Crippen LogP contribution in [0.4, 0.5) is 0 Å². The lowest BCUT2D eigenvalue weighted by molar-refractivity contribution is 0.571. The Bertz CT molecular complexity index is 540. The number of nitrogens with zero attached hydrogens (tertiary/aromatic N) is 1. The Morgan fingerprint density at radius 2 is 2.05 bits per heavy atom. The molecule has 0 amide bonds. The van der Waals surface area contributed by atoms with E-state index in [1.165, 1.54) is 29.0 Å². The standard InChI is InChI=1S/C16H20N2S/c1-11-10-19-16(18-11)12(2)17-9-13-3-5-14(6-4-13)15-7-8-15/h3-6,10,12,15,17H,7-9H2,1-2H3. The number of rotatable bonds is 5. The lowest BCUT2D eigenvalue weighted by Gasteiger charge is -2.11. The van der Waals surface area contributed by atoms with Gasteiger partial charge in [-0.1, -0.05) is 24.3 Å². The summed E-state index contributed by atoms with van der Waals surface area (Å²) < 4.78 is 0. The van der Waals surface area contributed by atoms with E-state index < -0.39 is 0 Å². The van der Waals surface area contributed by atoms with E-state index in [4.69, 9.17) is 0 Å². The highest BCUT2D eigenvalue weighted by atomic mass is 32.1. The van der Waals surface area contributed by atoms with Crippen molar-refractivity contribution in [3.63, 3.8) is 0 Å². The number of aryl methyl sites for hydroxylation is 1. The van der Waals surface area contributed by atoms with Gasteiger partial charge in [0, 0.05) is 17.6 Å². The van der Waals surface area contributed by atoms with Gasteiger partial charge in [-0.2, -0.15) is 0 Å². The molecule has 1 fully saturated rings. The average molecular weight is 272 g/mol. The number of hydrogen-bond acceptors (Lipinski definition) is 3. The van der Waals surface area contributed by atoms with E-state index in [0.717, 1.165) is 18.2 Å². The summed E-state index contributed by atoms with van der Waals surface area (Å²) in [6.45, 7) is 5.13. The predicted octanol–water partition coefficient (Wildman–Crippen LogP) is 4.18. The maximum Gasteiger partial charge on any atom is 0.110 e. The fraction of sp³-hybridized carbons (Fsp3) is 0.438. The molecule has 0 bridgehead atoms. The number of nitrogens with one attached hydrogen (secondary N) is 1. The molecule has 1 aromatic heterocycles. The van der Waals surface area contributed by atoms with Crippen molar-refractivity contribution in [2.24, 2.45) is 0 Å². The van der Waals surface area contributed by atoms with E-state index in [-0.39, 0.29) is 0 Å². The van der Waals surface area contributed by atoms with Gasteiger partial charge < -0.3 is 5.32 Å². The molecular formula is C16H20N2S. The Morgan fingerprint density at radius 1 is 1.32 bits per heavy atom. The van der Waals surface area contributed by atoms with E-state index in [1.54, 1.807) is 11.3 Å². The van der Waals surface area contributed by atoms with E-state index in [0.29, 0.717) is 6.04 Å². The first-order chi connectivity index (χ1) is 9.22. The monoisotopic (exact) mass is 272 g/mol. The molecule has 100 valence electrons. The molecule has 0 radical (unpaired) electrons. The lowest BCUT2D eigenvalue weighted by atomic mass is 10.1. The molecular weight excluding hydrogens is 252 g/mol. The highest BCUT2D eigenvalue weighted by molar-refractivity contribution is 7.09. The predicted molar refractivity (Wildman–Crippen MR) is 80.5 cm³/mol. The summed E-state index contributed by atoms with van der Waals surface area (Å²) >= 11 is 1.73. The molecule has 1 unspecified atom stereocenters. The van der Waals surface area contributed by atoms with E-state index in [1.807, 2.05) is 6.92 Å². The molecule has 2 nitrogen and oxygen atoms in total. The van der Waals surface area contributed by atoms with Crippen LogP contribution < -0.4 is 5.32 Å². The Kier molecular flexibility index (Phi) is 3.67. The summed E-state index contributed by atoms with van der Waals surface area (Å²) in [5, 5.41) is 6.82. The average Bonchev–Trinajstić information content (AvgIpc) is 3.19. The summed E-state index contributed by atoms with van der Waals surface area (Å²) in [5.41, 5.74) is 3.97. The minimum Gasteiger partial charge on any atom is -0.304 e. The molecule has 0 saturated heterocycles. The SMILES string of the molecule is Cc1csc(C(C)NCc2ccc(C3CC3)cc2)n1. The van der Waals surface area contributed by atoms with Crippen LogP contribution in [0.5, 0.6) is 0 Å². The van der Waals surface area contributed by atoms with Crippen LogP contribution in [0.15, 0.2) is 29.6 Å². The van der Waals surface area contributed by atoms with Crippen LogP contribution in [-0.4, -0.2) is 4.98 Å². The third kappa shape index (κ3) is 3.23. The maximum atomic E-state index is 4.52. The second kappa shape index (κ2) is 5.43. The number of thiazole rings is 1. The fourth-order valence-electron chi connectivity index (χ4n) is 2.25. The zero-order valence-corrected chi connectivity index (χ0v) is 12.3. The van der Waals surface area contributed by atoms with Crippen molar-refractivity contribution >= 4 is 11.3 Å². The quantitative estimate of drug-likeness (QED) is 0.883. The van der Waals surface area contributed by atoms with Crippen LogP contribution in [0.3, 0.4) is 0 Å². The molecule has 2 aromatic rings. The normalized spacial score (nSPS) is 16.5. The minimum absolute atomic E-state index is 0.321. The van der Waals surface area contributed by atoms with Crippen LogP contribution in [-0.2, 0) is 6.54 Å². The van der Waals surface area contributed by atoms with Gasteiger partial charge >= 0.3 is 0 Å². The number of benzene rings is 1. The Balaban J connectivity index is 1.56. The first-order valence-corrected chi connectivity index (χ1v) is 7.84. The van der Waals surface area contributed by atoms with Crippen LogP contribution >= 0.6 is 11.3 Å². The second-order valence-corrected chi connectivity index (χ2v) is 6.34. The highest BCUT2D eigenvalue weighted by Gasteiger charge is 2.22. The van der Waals surface area contributed by atoms with Crippen LogP contribution in [0, 0.1) is 6.92 Å². The van der Waals surface area contributed by atoms with Gasteiger partial charge in [0.25, 0.3) is 0 Å². The first kappa shape index (κ1) is 12.8.